The predicted octanol–water partition coefficient (Wildman–Crippen LogP) is 2.23. The first kappa shape index (κ1) is 16.0. The van der Waals surface area contributed by atoms with Gasteiger partial charge < -0.3 is 10.4 Å². The number of hydrogen-bond acceptors (Lipinski definition) is 5. The van der Waals surface area contributed by atoms with Gasteiger partial charge in [-0.15, -0.1) is 16.9 Å². The lowest BCUT2D eigenvalue weighted by atomic mass is 10.1. The minimum atomic E-state index is 0.177. The number of benzene rings is 1. The molecule has 1 unspecified atom stereocenters. The first-order valence-corrected chi connectivity index (χ1v) is 8.32. The van der Waals surface area contributed by atoms with Crippen LogP contribution >= 0.6 is 11.8 Å². The number of aromatic nitrogens is 3. The van der Waals surface area contributed by atoms with Crippen LogP contribution in [0, 0.1) is 0 Å². The molecule has 2 rings (SSSR count). The summed E-state index contributed by atoms with van der Waals surface area (Å²) < 4.78 is 1.77. The van der Waals surface area contributed by atoms with Crippen molar-refractivity contribution in [1.82, 2.24) is 20.3 Å². The van der Waals surface area contributed by atoms with E-state index < -0.39 is 0 Å². The van der Waals surface area contributed by atoms with Crippen LogP contribution in [0.2, 0.25) is 0 Å². The van der Waals surface area contributed by atoms with Crippen LogP contribution in [0.4, 0.5) is 0 Å². The van der Waals surface area contributed by atoms with Crippen molar-refractivity contribution in [1.29, 1.82) is 0 Å². The first-order chi connectivity index (χ1) is 10.2. The zero-order valence-electron chi connectivity index (χ0n) is 12.5. The Balaban J connectivity index is 1.85. The third-order valence-corrected chi connectivity index (χ3v) is 4.08. The fourth-order valence-corrected chi connectivity index (χ4v) is 2.44. The maximum absolute atomic E-state index is 8.80. The molecule has 0 aliphatic heterocycles. The lowest BCUT2D eigenvalue weighted by Crippen LogP contribution is -2.18. The summed E-state index contributed by atoms with van der Waals surface area (Å²) in [4.78, 5) is 1.28. The number of aryl methyl sites for hydroxylation is 1. The van der Waals surface area contributed by atoms with E-state index in [1.807, 2.05) is 6.20 Å². The summed E-state index contributed by atoms with van der Waals surface area (Å²) >= 11 is 1.75. The molecule has 0 radical (unpaired) electrons. The number of hydrogen-bond donors (Lipinski definition) is 2. The maximum atomic E-state index is 8.80. The number of nitrogens with zero attached hydrogens (tertiary/aromatic N) is 3. The summed E-state index contributed by atoms with van der Waals surface area (Å²) in [6, 6.07) is 8.86. The minimum Gasteiger partial charge on any atom is -0.396 e. The van der Waals surface area contributed by atoms with Gasteiger partial charge in [0.15, 0.2) is 0 Å². The molecular weight excluding hydrogens is 284 g/mol. The molecule has 2 N–H and O–H groups in total. The Bertz CT molecular complexity index is 541. The van der Waals surface area contributed by atoms with Crippen LogP contribution < -0.4 is 5.32 Å². The number of rotatable bonds is 8. The maximum Gasteiger partial charge on any atom is 0.0965 e. The highest BCUT2D eigenvalue weighted by atomic mass is 32.2. The number of thioether (sulfide) groups is 1. The quantitative estimate of drug-likeness (QED) is 0.732. The molecular formula is C15H22N4OS. The number of nitrogens with one attached hydrogen (secondary N) is 1. The van der Waals surface area contributed by atoms with Crippen molar-refractivity contribution in [2.45, 2.75) is 37.4 Å². The average molecular weight is 306 g/mol. The predicted molar refractivity (Wildman–Crippen MR) is 85.2 cm³/mol. The minimum absolute atomic E-state index is 0.177. The smallest absolute Gasteiger partial charge is 0.0965 e. The van der Waals surface area contributed by atoms with Crippen LogP contribution in [0.15, 0.2) is 35.4 Å². The summed E-state index contributed by atoms with van der Waals surface area (Å²) in [6.07, 6.45) is 4.71. The van der Waals surface area contributed by atoms with Gasteiger partial charge in [-0.1, -0.05) is 17.3 Å². The van der Waals surface area contributed by atoms with Gasteiger partial charge in [-0.25, -0.2) is 0 Å². The largest absolute Gasteiger partial charge is 0.396 e. The number of aliphatic hydroxyl groups is 1. The third-order valence-electron chi connectivity index (χ3n) is 3.34. The SMILES string of the molecule is CSc1ccc(C(C)NCc2cn(CCCO)nn2)cc1. The second kappa shape index (κ2) is 8.17. The van der Waals surface area contributed by atoms with Crippen LogP contribution in [0.1, 0.15) is 30.6 Å². The molecule has 1 aromatic carbocycles. The van der Waals surface area contributed by atoms with Crippen LogP contribution in [-0.4, -0.2) is 33.0 Å². The third kappa shape index (κ3) is 4.84. The molecule has 6 heteroatoms. The van der Waals surface area contributed by atoms with Crippen LogP contribution in [-0.2, 0) is 13.1 Å². The molecule has 0 amide bonds. The fraction of sp³-hybridized carbons (Fsp3) is 0.467. The van der Waals surface area contributed by atoms with Crippen molar-refractivity contribution < 1.29 is 5.11 Å². The summed E-state index contributed by atoms with van der Waals surface area (Å²) in [7, 11) is 0. The molecule has 0 saturated heterocycles. The van der Waals surface area contributed by atoms with Crippen molar-refractivity contribution in [3.8, 4) is 0 Å². The topological polar surface area (TPSA) is 63.0 Å². The van der Waals surface area contributed by atoms with Crippen LogP contribution in [0.5, 0.6) is 0 Å². The Labute approximate surface area is 129 Å². The van der Waals surface area contributed by atoms with E-state index in [0.29, 0.717) is 19.5 Å². The molecule has 0 bridgehead atoms. The fourth-order valence-electron chi connectivity index (χ4n) is 2.03. The molecule has 1 aromatic heterocycles. The van der Waals surface area contributed by atoms with Gasteiger partial charge in [-0.2, -0.15) is 0 Å². The molecule has 0 saturated carbocycles. The zero-order valence-corrected chi connectivity index (χ0v) is 13.3. The van der Waals surface area contributed by atoms with Gasteiger partial charge in [0.2, 0.25) is 0 Å². The van der Waals surface area contributed by atoms with Crippen molar-refractivity contribution in [3.63, 3.8) is 0 Å². The molecule has 5 nitrogen and oxygen atoms in total. The van der Waals surface area contributed by atoms with Gasteiger partial charge in [-0.05, 0) is 37.3 Å². The summed E-state index contributed by atoms with van der Waals surface area (Å²) in [5, 5.41) is 20.4. The summed E-state index contributed by atoms with van der Waals surface area (Å²) in [5.41, 5.74) is 2.18. The van der Waals surface area contributed by atoms with E-state index in [-0.39, 0.29) is 12.6 Å². The molecule has 0 aliphatic carbocycles. The van der Waals surface area contributed by atoms with E-state index in [4.69, 9.17) is 5.11 Å². The molecule has 0 spiro atoms. The second-order valence-electron chi connectivity index (χ2n) is 4.93. The van der Waals surface area contributed by atoms with Gasteiger partial charge in [0.25, 0.3) is 0 Å². The highest BCUT2D eigenvalue weighted by Gasteiger charge is 2.07. The molecule has 1 heterocycles. The standard InChI is InChI=1S/C15H22N4OS/c1-12(13-4-6-15(21-2)7-5-13)16-10-14-11-19(18-17-14)8-3-9-20/h4-7,11-12,16,20H,3,8-10H2,1-2H3. The van der Waals surface area contributed by atoms with E-state index in [1.165, 1.54) is 10.5 Å². The van der Waals surface area contributed by atoms with Gasteiger partial charge >= 0.3 is 0 Å². The van der Waals surface area contributed by atoms with E-state index in [0.717, 1.165) is 5.69 Å². The van der Waals surface area contributed by atoms with Crippen molar-refractivity contribution >= 4 is 11.8 Å². The summed E-state index contributed by atoms with van der Waals surface area (Å²) in [6.45, 7) is 3.71. The van der Waals surface area contributed by atoms with Crippen LogP contribution in [0.3, 0.4) is 0 Å². The average Bonchev–Trinajstić information content (AvgIpc) is 2.98. The molecule has 2 aromatic rings. The van der Waals surface area contributed by atoms with Crippen molar-refractivity contribution in [2.24, 2.45) is 0 Å². The lowest BCUT2D eigenvalue weighted by molar-refractivity contribution is 0.276. The van der Waals surface area contributed by atoms with E-state index in [9.17, 15) is 0 Å². The lowest BCUT2D eigenvalue weighted by Gasteiger charge is -2.13. The van der Waals surface area contributed by atoms with Gasteiger partial charge in [0.05, 0.1) is 5.69 Å². The Morgan fingerprint density at radius 1 is 1.33 bits per heavy atom. The highest BCUT2D eigenvalue weighted by Crippen LogP contribution is 2.19. The van der Waals surface area contributed by atoms with Gasteiger partial charge in [0.1, 0.15) is 0 Å². The normalized spacial score (nSPS) is 12.5. The second-order valence-corrected chi connectivity index (χ2v) is 5.81. The van der Waals surface area contributed by atoms with E-state index >= 15 is 0 Å². The molecule has 114 valence electrons. The van der Waals surface area contributed by atoms with Crippen LogP contribution in [0.25, 0.3) is 0 Å². The van der Waals surface area contributed by atoms with E-state index in [2.05, 4.69) is 53.1 Å². The Hall–Kier alpha value is -1.37. The monoisotopic (exact) mass is 306 g/mol. The van der Waals surface area contributed by atoms with Gasteiger partial charge in [-0.3, -0.25) is 4.68 Å². The first-order valence-electron chi connectivity index (χ1n) is 7.10. The Morgan fingerprint density at radius 3 is 2.76 bits per heavy atom. The highest BCUT2D eigenvalue weighted by molar-refractivity contribution is 7.98. The van der Waals surface area contributed by atoms with E-state index in [1.54, 1.807) is 16.4 Å². The Kier molecular flexibility index (Phi) is 6.22. The van der Waals surface area contributed by atoms with Crippen molar-refractivity contribution in [3.05, 3.63) is 41.7 Å². The summed E-state index contributed by atoms with van der Waals surface area (Å²) in [5.74, 6) is 0. The zero-order chi connectivity index (χ0) is 15.1. The molecule has 1 atom stereocenters. The van der Waals surface area contributed by atoms with Crippen molar-refractivity contribution in [2.75, 3.05) is 12.9 Å². The molecule has 0 aliphatic rings. The Morgan fingerprint density at radius 2 is 2.10 bits per heavy atom. The molecule has 0 fully saturated rings. The van der Waals surface area contributed by atoms with Gasteiger partial charge in [0, 0.05) is 36.8 Å². The molecule has 21 heavy (non-hydrogen) atoms. The number of aliphatic hydroxyl groups excluding tert-OH is 1.